The number of hydrogen-bond acceptors (Lipinski definition) is 4. The van der Waals surface area contributed by atoms with Crippen LogP contribution in [0.1, 0.15) is 47.4 Å². The van der Waals surface area contributed by atoms with E-state index in [0.29, 0.717) is 28.6 Å². The molecular formula is C22H21FN2O3. The van der Waals surface area contributed by atoms with Gasteiger partial charge in [0.2, 0.25) is 0 Å². The number of benzene rings is 2. The van der Waals surface area contributed by atoms with Crippen LogP contribution in [0, 0.1) is 5.82 Å². The lowest BCUT2D eigenvalue weighted by molar-refractivity contribution is 0.0469. The molecule has 1 aliphatic rings. The molecule has 6 heteroatoms. The van der Waals surface area contributed by atoms with Gasteiger partial charge in [-0.2, -0.15) is 0 Å². The molecule has 28 heavy (non-hydrogen) atoms. The summed E-state index contributed by atoms with van der Waals surface area (Å²) in [5.41, 5.74) is 1.05. The van der Waals surface area contributed by atoms with Gasteiger partial charge < -0.3 is 4.74 Å². The number of rotatable bonds is 3. The lowest BCUT2D eigenvalue weighted by atomic mass is 10.1. The maximum absolute atomic E-state index is 13.7. The Morgan fingerprint density at radius 2 is 1.93 bits per heavy atom. The fraction of sp³-hybridized carbons (Fsp3) is 0.318. The number of fused-ring (bicyclic) bond motifs is 2. The second-order valence-corrected chi connectivity index (χ2v) is 7.05. The van der Waals surface area contributed by atoms with E-state index in [1.54, 1.807) is 41.0 Å². The molecule has 0 bridgehead atoms. The standard InChI is InChI=1S/C22H21FN2O3/c23-18-8-5-4-7-16(18)14-28-22(27)15-10-11-17-19(13-15)24-20-9-3-1-2-6-12-25(20)21(17)26/h4-5,7-8,10-11,13H,1-3,6,9,12,14H2. The fourth-order valence-electron chi connectivity index (χ4n) is 3.56. The number of aryl methyl sites for hydroxylation is 1. The molecule has 5 nitrogen and oxygen atoms in total. The van der Waals surface area contributed by atoms with E-state index in [4.69, 9.17) is 4.74 Å². The third-order valence-electron chi connectivity index (χ3n) is 5.12. The number of aromatic nitrogens is 2. The summed E-state index contributed by atoms with van der Waals surface area (Å²) >= 11 is 0. The first kappa shape index (κ1) is 18.3. The highest BCUT2D eigenvalue weighted by atomic mass is 19.1. The molecule has 0 spiro atoms. The predicted octanol–water partition coefficient (Wildman–Crippen LogP) is 4.01. The number of nitrogens with zero attached hydrogens (tertiary/aromatic N) is 2. The molecule has 0 aliphatic carbocycles. The van der Waals surface area contributed by atoms with Crippen molar-refractivity contribution in [3.05, 3.63) is 75.6 Å². The SMILES string of the molecule is O=C(OCc1ccccc1F)c1ccc2c(=O)n3c(nc2c1)CCCCCC3. The van der Waals surface area contributed by atoms with Crippen molar-refractivity contribution in [2.75, 3.05) is 0 Å². The Bertz CT molecular complexity index is 1090. The second kappa shape index (κ2) is 7.92. The molecule has 1 aliphatic heterocycles. The molecule has 0 saturated carbocycles. The van der Waals surface area contributed by atoms with Gasteiger partial charge in [0.1, 0.15) is 18.2 Å². The predicted molar refractivity (Wildman–Crippen MR) is 104 cm³/mol. The summed E-state index contributed by atoms with van der Waals surface area (Å²) in [6.45, 7) is 0.535. The molecule has 0 amide bonds. The molecule has 1 aromatic heterocycles. The molecular weight excluding hydrogens is 359 g/mol. The minimum absolute atomic E-state index is 0.0619. The third-order valence-corrected chi connectivity index (χ3v) is 5.12. The monoisotopic (exact) mass is 380 g/mol. The van der Waals surface area contributed by atoms with Crippen molar-refractivity contribution >= 4 is 16.9 Å². The summed E-state index contributed by atoms with van der Waals surface area (Å²) in [6, 6.07) is 10.9. The van der Waals surface area contributed by atoms with Crippen LogP contribution in [-0.4, -0.2) is 15.5 Å². The quantitative estimate of drug-likeness (QED) is 0.644. The van der Waals surface area contributed by atoms with Gasteiger partial charge in [0.15, 0.2) is 0 Å². The normalized spacial score (nSPS) is 14.2. The molecule has 2 aromatic carbocycles. The topological polar surface area (TPSA) is 61.2 Å². The van der Waals surface area contributed by atoms with Crippen LogP contribution >= 0.6 is 0 Å². The van der Waals surface area contributed by atoms with E-state index in [1.807, 2.05) is 0 Å². The van der Waals surface area contributed by atoms with Crippen molar-refractivity contribution in [3.63, 3.8) is 0 Å². The first-order valence-corrected chi connectivity index (χ1v) is 9.57. The van der Waals surface area contributed by atoms with Gasteiger partial charge in [-0.15, -0.1) is 0 Å². The summed E-state index contributed by atoms with van der Waals surface area (Å²) in [5, 5.41) is 0.495. The van der Waals surface area contributed by atoms with Gasteiger partial charge in [-0.1, -0.05) is 31.0 Å². The van der Waals surface area contributed by atoms with Crippen LogP contribution in [-0.2, 0) is 24.3 Å². The highest BCUT2D eigenvalue weighted by molar-refractivity contribution is 5.94. The minimum atomic E-state index is -0.571. The van der Waals surface area contributed by atoms with E-state index in [-0.39, 0.29) is 12.2 Å². The third kappa shape index (κ3) is 3.67. The molecule has 0 atom stereocenters. The summed E-state index contributed by atoms with van der Waals surface area (Å²) in [6.07, 6.45) is 4.99. The summed E-state index contributed by atoms with van der Waals surface area (Å²) < 4.78 is 20.7. The molecule has 0 radical (unpaired) electrons. The average molecular weight is 380 g/mol. The van der Waals surface area contributed by atoms with Crippen molar-refractivity contribution in [2.24, 2.45) is 0 Å². The minimum Gasteiger partial charge on any atom is -0.457 e. The molecule has 0 unspecified atom stereocenters. The number of carbonyl (C=O) groups excluding carboxylic acids is 1. The average Bonchev–Trinajstić information content (AvgIpc) is 2.68. The van der Waals surface area contributed by atoms with Gasteiger partial charge in [0.05, 0.1) is 16.5 Å². The van der Waals surface area contributed by atoms with Crippen molar-refractivity contribution in [3.8, 4) is 0 Å². The molecule has 144 valence electrons. The highest BCUT2D eigenvalue weighted by Gasteiger charge is 2.16. The van der Waals surface area contributed by atoms with Crippen LogP contribution in [0.25, 0.3) is 10.9 Å². The van der Waals surface area contributed by atoms with E-state index in [0.717, 1.165) is 37.9 Å². The Morgan fingerprint density at radius 3 is 2.79 bits per heavy atom. The fourth-order valence-corrected chi connectivity index (χ4v) is 3.56. The second-order valence-electron chi connectivity index (χ2n) is 7.05. The largest absolute Gasteiger partial charge is 0.457 e. The first-order chi connectivity index (χ1) is 13.6. The summed E-state index contributed by atoms with van der Waals surface area (Å²) in [5.74, 6) is -0.213. The zero-order valence-electron chi connectivity index (χ0n) is 15.5. The molecule has 3 aromatic rings. The van der Waals surface area contributed by atoms with Gasteiger partial charge in [0, 0.05) is 18.5 Å². The van der Waals surface area contributed by atoms with Gasteiger partial charge in [0.25, 0.3) is 5.56 Å². The molecule has 4 rings (SSSR count). The van der Waals surface area contributed by atoms with Gasteiger partial charge >= 0.3 is 5.97 Å². The first-order valence-electron chi connectivity index (χ1n) is 9.57. The van der Waals surface area contributed by atoms with Crippen molar-refractivity contribution in [1.82, 2.24) is 9.55 Å². The molecule has 2 heterocycles. The van der Waals surface area contributed by atoms with Gasteiger partial charge in [-0.25, -0.2) is 14.2 Å². The van der Waals surface area contributed by atoms with E-state index >= 15 is 0 Å². The van der Waals surface area contributed by atoms with E-state index in [1.165, 1.54) is 6.07 Å². The number of ether oxygens (including phenoxy) is 1. The van der Waals surface area contributed by atoms with Crippen LogP contribution in [0.4, 0.5) is 4.39 Å². The van der Waals surface area contributed by atoms with E-state index in [2.05, 4.69) is 4.98 Å². The lowest BCUT2D eigenvalue weighted by Gasteiger charge is -2.16. The molecule has 0 saturated heterocycles. The number of carbonyl (C=O) groups is 1. The number of halogens is 1. The van der Waals surface area contributed by atoms with Crippen LogP contribution < -0.4 is 5.56 Å². The number of esters is 1. The van der Waals surface area contributed by atoms with Crippen LogP contribution in [0.2, 0.25) is 0 Å². The maximum atomic E-state index is 13.7. The Balaban J connectivity index is 1.62. The summed E-state index contributed by atoms with van der Waals surface area (Å²) in [7, 11) is 0. The van der Waals surface area contributed by atoms with E-state index in [9.17, 15) is 14.0 Å². The van der Waals surface area contributed by atoms with Crippen molar-refractivity contribution in [2.45, 2.75) is 45.3 Å². The summed E-state index contributed by atoms with van der Waals surface area (Å²) in [4.78, 5) is 29.9. The van der Waals surface area contributed by atoms with Crippen molar-refractivity contribution in [1.29, 1.82) is 0 Å². The lowest BCUT2D eigenvalue weighted by Crippen LogP contribution is -2.26. The van der Waals surface area contributed by atoms with Crippen molar-refractivity contribution < 1.29 is 13.9 Å². The van der Waals surface area contributed by atoms with Crippen LogP contribution in [0.3, 0.4) is 0 Å². The Hall–Kier alpha value is -3.02. The molecule has 0 fully saturated rings. The Labute approximate surface area is 161 Å². The zero-order valence-corrected chi connectivity index (χ0v) is 15.5. The van der Waals surface area contributed by atoms with Gasteiger partial charge in [-0.3, -0.25) is 9.36 Å². The van der Waals surface area contributed by atoms with Crippen LogP contribution in [0.5, 0.6) is 0 Å². The maximum Gasteiger partial charge on any atom is 0.338 e. The van der Waals surface area contributed by atoms with Gasteiger partial charge in [-0.05, 0) is 37.1 Å². The van der Waals surface area contributed by atoms with Crippen LogP contribution in [0.15, 0.2) is 47.3 Å². The smallest absolute Gasteiger partial charge is 0.338 e. The molecule has 0 N–H and O–H groups in total. The zero-order chi connectivity index (χ0) is 19.5. The highest BCUT2D eigenvalue weighted by Crippen LogP contribution is 2.17. The Kier molecular flexibility index (Phi) is 5.19. The Morgan fingerprint density at radius 1 is 1.11 bits per heavy atom. The van der Waals surface area contributed by atoms with E-state index < -0.39 is 11.8 Å². The number of hydrogen-bond donors (Lipinski definition) is 0.